The van der Waals surface area contributed by atoms with Gasteiger partial charge >= 0.3 is 18.4 Å². The van der Waals surface area contributed by atoms with Crippen molar-refractivity contribution in [3.8, 4) is 0 Å². The molecule has 0 saturated carbocycles. The van der Waals surface area contributed by atoms with E-state index in [-0.39, 0.29) is 13.5 Å². The molecule has 9 heteroatoms. The second kappa shape index (κ2) is 9.98. The molecule has 0 atom stereocenters. The standard InChI is InChI=1S/C15H26F6N2O/c1-3-4-5-6-7-8-9-10-11-22-12(24)23-13(2,14(16,17)18)15(19,20)21/h3-11H2,1-2H3,(H2,22,23,24). The third kappa shape index (κ3) is 7.61. The zero-order chi connectivity index (χ0) is 18.9. The van der Waals surface area contributed by atoms with Crippen LogP contribution in [0.1, 0.15) is 65.2 Å². The molecule has 2 N–H and O–H groups in total. The number of carbonyl (C=O) groups excluding carboxylic acids is 1. The molecule has 0 aromatic heterocycles. The predicted octanol–water partition coefficient (Wildman–Crippen LogP) is 5.31. The number of rotatable bonds is 10. The van der Waals surface area contributed by atoms with E-state index in [1.807, 2.05) is 5.32 Å². The third-order valence-electron chi connectivity index (χ3n) is 3.81. The highest BCUT2D eigenvalue weighted by Gasteiger charge is 2.68. The monoisotopic (exact) mass is 364 g/mol. The van der Waals surface area contributed by atoms with Gasteiger partial charge in [0.05, 0.1) is 0 Å². The van der Waals surface area contributed by atoms with Crippen LogP contribution >= 0.6 is 0 Å². The Bertz CT molecular complexity index is 354. The van der Waals surface area contributed by atoms with Gasteiger partial charge in [-0.1, -0.05) is 51.9 Å². The molecule has 0 aromatic carbocycles. The number of urea groups is 1. The summed E-state index contributed by atoms with van der Waals surface area (Å²) >= 11 is 0. The summed E-state index contributed by atoms with van der Waals surface area (Å²) in [6, 6.07) is -1.48. The van der Waals surface area contributed by atoms with Gasteiger partial charge in [-0.3, -0.25) is 0 Å². The van der Waals surface area contributed by atoms with Crippen LogP contribution < -0.4 is 10.6 Å². The summed E-state index contributed by atoms with van der Waals surface area (Å²) in [4.78, 5) is 11.3. The summed E-state index contributed by atoms with van der Waals surface area (Å²) < 4.78 is 75.7. The lowest BCUT2D eigenvalue weighted by atomic mass is 10.0. The van der Waals surface area contributed by atoms with Crippen LogP contribution in [0.5, 0.6) is 0 Å². The summed E-state index contributed by atoms with van der Waals surface area (Å²) in [7, 11) is 0. The van der Waals surface area contributed by atoms with Crippen molar-refractivity contribution < 1.29 is 31.1 Å². The molecule has 0 radical (unpaired) electrons. The van der Waals surface area contributed by atoms with Crippen molar-refractivity contribution in [2.45, 2.75) is 83.1 Å². The number of nitrogens with one attached hydrogen (secondary N) is 2. The fraction of sp³-hybridized carbons (Fsp3) is 0.933. The Morgan fingerprint density at radius 1 is 0.792 bits per heavy atom. The number of alkyl halides is 6. The first-order valence-electron chi connectivity index (χ1n) is 8.15. The zero-order valence-electron chi connectivity index (χ0n) is 14.0. The van der Waals surface area contributed by atoms with Gasteiger partial charge in [-0.2, -0.15) is 26.3 Å². The second-order valence-corrected chi connectivity index (χ2v) is 5.98. The van der Waals surface area contributed by atoms with Gasteiger partial charge in [-0.05, 0) is 13.3 Å². The first kappa shape index (κ1) is 22.9. The van der Waals surface area contributed by atoms with Gasteiger partial charge in [0, 0.05) is 6.54 Å². The van der Waals surface area contributed by atoms with E-state index < -0.39 is 23.9 Å². The number of carbonyl (C=O) groups is 1. The Morgan fingerprint density at radius 3 is 1.62 bits per heavy atom. The van der Waals surface area contributed by atoms with Crippen molar-refractivity contribution in [2.24, 2.45) is 0 Å². The number of halogens is 6. The maximum atomic E-state index is 12.6. The van der Waals surface area contributed by atoms with Crippen LogP contribution in [0.25, 0.3) is 0 Å². The number of hydrogen-bond acceptors (Lipinski definition) is 1. The molecular weight excluding hydrogens is 338 g/mol. The highest BCUT2D eigenvalue weighted by molar-refractivity contribution is 5.75. The van der Waals surface area contributed by atoms with Gasteiger partial charge in [0.1, 0.15) is 0 Å². The van der Waals surface area contributed by atoms with Crippen molar-refractivity contribution in [3.63, 3.8) is 0 Å². The van der Waals surface area contributed by atoms with Crippen LogP contribution in [-0.2, 0) is 0 Å². The van der Waals surface area contributed by atoms with Crippen LogP contribution in [0, 0.1) is 0 Å². The van der Waals surface area contributed by atoms with E-state index >= 15 is 0 Å². The summed E-state index contributed by atoms with van der Waals surface area (Å²) in [6.07, 6.45) is -3.45. The molecule has 0 unspecified atom stereocenters. The molecule has 0 heterocycles. The van der Waals surface area contributed by atoms with Crippen LogP contribution in [-0.4, -0.2) is 30.5 Å². The average molecular weight is 364 g/mol. The zero-order valence-corrected chi connectivity index (χ0v) is 14.0. The molecule has 0 saturated heterocycles. The Labute approximate surface area is 138 Å². The Balaban J connectivity index is 4.08. The topological polar surface area (TPSA) is 41.1 Å². The third-order valence-corrected chi connectivity index (χ3v) is 3.81. The highest BCUT2D eigenvalue weighted by Crippen LogP contribution is 2.42. The van der Waals surface area contributed by atoms with E-state index in [0.29, 0.717) is 6.42 Å². The van der Waals surface area contributed by atoms with Crippen LogP contribution in [0.15, 0.2) is 0 Å². The van der Waals surface area contributed by atoms with Gasteiger partial charge in [-0.25, -0.2) is 4.79 Å². The molecule has 0 fully saturated rings. The minimum atomic E-state index is -5.64. The largest absolute Gasteiger partial charge is 0.420 e. The Morgan fingerprint density at radius 2 is 1.21 bits per heavy atom. The molecule has 0 spiro atoms. The van der Waals surface area contributed by atoms with E-state index in [2.05, 4.69) is 6.92 Å². The van der Waals surface area contributed by atoms with Gasteiger partial charge in [0.25, 0.3) is 0 Å². The number of amides is 2. The maximum Gasteiger partial charge on any atom is 0.420 e. The van der Waals surface area contributed by atoms with Gasteiger partial charge in [0.2, 0.25) is 5.54 Å². The lowest BCUT2D eigenvalue weighted by Crippen LogP contribution is -2.67. The molecular formula is C15H26F6N2O. The van der Waals surface area contributed by atoms with Gasteiger partial charge < -0.3 is 10.6 Å². The molecule has 0 aromatic rings. The van der Waals surface area contributed by atoms with E-state index in [1.165, 1.54) is 6.42 Å². The minimum Gasteiger partial charge on any atom is -0.338 e. The number of hydrogen-bond donors (Lipinski definition) is 2. The SMILES string of the molecule is CCCCCCCCCCNC(=O)NC(C)(C(F)(F)F)C(F)(F)F. The van der Waals surface area contributed by atoms with Crippen molar-refractivity contribution in [1.82, 2.24) is 10.6 Å². The molecule has 0 aliphatic heterocycles. The molecule has 0 aliphatic rings. The molecule has 2 amide bonds. The van der Waals surface area contributed by atoms with Crippen molar-refractivity contribution in [1.29, 1.82) is 0 Å². The smallest absolute Gasteiger partial charge is 0.338 e. The van der Waals surface area contributed by atoms with E-state index in [1.54, 1.807) is 0 Å². The number of unbranched alkanes of at least 4 members (excludes halogenated alkanes) is 7. The Kier molecular flexibility index (Phi) is 9.50. The first-order valence-corrected chi connectivity index (χ1v) is 8.15. The lowest BCUT2D eigenvalue weighted by molar-refractivity contribution is -0.297. The summed E-state index contributed by atoms with van der Waals surface area (Å²) in [5.74, 6) is 0. The maximum absolute atomic E-state index is 12.6. The van der Waals surface area contributed by atoms with E-state index in [4.69, 9.17) is 0 Å². The molecule has 0 aliphatic carbocycles. The van der Waals surface area contributed by atoms with E-state index in [9.17, 15) is 31.1 Å². The summed E-state index contributed by atoms with van der Waals surface area (Å²) in [5.41, 5.74) is -4.27. The fourth-order valence-corrected chi connectivity index (χ4v) is 2.03. The first-order chi connectivity index (χ1) is 11.0. The quantitative estimate of drug-likeness (QED) is 0.400. The van der Waals surface area contributed by atoms with Crippen LogP contribution in [0.2, 0.25) is 0 Å². The molecule has 24 heavy (non-hydrogen) atoms. The molecule has 0 rings (SSSR count). The van der Waals surface area contributed by atoms with Crippen molar-refractivity contribution in [3.05, 3.63) is 0 Å². The van der Waals surface area contributed by atoms with Crippen LogP contribution in [0.4, 0.5) is 31.1 Å². The average Bonchev–Trinajstić information content (AvgIpc) is 2.43. The van der Waals surface area contributed by atoms with Gasteiger partial charge in [-0.15, -0.1) is 0 Å². The normalized spacial score (nSPS) is 13.0. The molecule has 144 valence electrons. The van der Waals surface area contributed by atoms with Crippen molar-refractivity contribution >= 4 is 6.03 Å². The summed E-state index contributed by atoms with van der Waals surface area (Å²) in [6.45, 7) is 2.05. The van der Waals surface area contributed by atoms with Crippen LogP contribution in [0.3, 0.4) is 0 Å². The fourth-order valence-electron chi connectivity index (χ4n) is 2.03. The lowest BCUT2D eigenvalue weighted by Gasteiger charge is -2.34. The van der Waals surface area contributed by atoms with Gasteiger partial charge in [0.15, 0.2) is 0 Å². The highest BCUT2D eigenvalue weighted by atomic mass is 19.4. The second-order valence-electron chi connectivity index (χ2n) is 5.98. The molecule has 0 bridgehead atoms. The Hall–Kier alpha value is -1.15. The minimum absolute atomic E-state index is 0.0343. The van der Waals surface area contributed by atoms with Crippen molar-refractivity contribution in [2.75, 3.05) is 6.54 Å². The predicted molar refractivity (Wildman–Crippen MR) is 79.7 cm³/mol. The molecule has 3 nitrogen and oxygen atoms in total. The van der Waals surface area contributed by atoms with E-state index in [0.717, 1.165) is 43.8 Å². The summed E-state index contributed by atoms with van der Waals surface area (Å²) in [5, 5.41) is 3.04.